The van der Waals surface area contributed by atoms with E-state index in [1.54, 1.807) is 0 Å². The molecule has 0 heterocycles. The van der Waals surface area contributed by atoms with Gasteiger partial charge in [0.2, 0.25) is 6.41 Å². The third-order valence-electron chi connectivity index (χ3n) is 2.18. The fourth-order valence-corrected chi connectivity index (χ4v) is 1.37. The number of carbonyl (C=O) groups excluding carboxylic acids is 3. The average molecular weight is 250 g/mol. The van der Waals surface area contributed by atoms with Gasteiger partial charge in [0.1, 0.15) is 6.04 Å². The summed E-state index contributed by atoms with van der Waals surface area (Å²) in [5.41, 5.74) is 9.75. The largest absolute Gasteiger partial charge is 0.350 e. The molecule has 1 aromatic carbocycles. The van der Waals surface area contributed by atoms with Crippen LogP contribution >= 0.6 is 0 Å². The van der Waals surface area contributed by atoms with Crippen LogP contribution < -0.4 is 21.9 Å². The summed E-state index contributed by atoms with van der Waals surface area (Å²) in [4.78, 5) is 32.5. The molecule has 0 spiro atoms. The van der Waals surface area contributed by atoms with Crippen LogP contribution in [0, 0.1) is 0 Å². The van der Waals surface area contributed by atoms with E-state index in [1.807, 2.05) is 35.8 Å². The quantitative estimate of drug-likeness (QED) is 0.399. The Kier molecular flexibility index (Phi) is 5.17. The smallest absolute Gasteiger partial charge is 0.330 e. The lowest BCUT2D eigenvalue weighted by Crippen LogP contribution is -2.52. The van der Waals surface area contributed by atoms with Gasteiger partial charge in [0, 0.05) is 6.42 Å². The van der Waals surface area contributed by atoms with Crippen LogP contribution in [0.4, 0.5) is 4.79 Å². The van der Waals surface area contributed by atoms with E-state index in [2.05, 4.69) is 10.7 Å². The van der Waals surface area contributed by atoms with Gasteiger partial charge >= 0.3 is 6.03 Å². The van der Waals surface area contributed by atoms with Crippen LogP contribution in [0.15, 0.2) is 30.3 Å². The molecular formula is C11H14N4O3. The highest BCUT2D eigenvalue weighted by Gasteiger charge is 2.18. The molecule has 0 aliphatic heterocycles. The standard InChI is InChI=1S/C11H14N4O3/c12-11(18)15-14-10(17)9(13-7-16)6-8-4-2-1-3-5-8/h1-5,7,9H,6H2,(H,13,16)(H,14,17)(H3,12,15,18)/t9-/m0/s1. The molecule has 1 rings (SSSR count). The first-order chi connectivity index (χ1) is 8.63. The van der Waals surface area contributed by atoms with Crippen molar-refractivity contribution in [2.24, 2.45) is 5.73 Å². The molecule has 0 aliphatic rings. The molecule has 1 atom stereocenters. The maximum atomic E-state index is 11.6. The Hall–Kier alpha value is -2.57. The number of nitrogens with one attached hydrogen (secondary N) is 3. The van der Waals surface area contributed by atoms with E-state index in [1.165, 1.54) is 0 Å². The van der Waals surface area contributed by atoms with Gasteiger partial charge in [-0.05, 0) is 5.56 Å². The fraction of sp³-hybridized carbons (Fsp3) is 0.182. The summed E-state index contributed by atoms with van der Waals surface area (Å²) >= 11 is 0. The first-order valence-electron chi connectivity index (χ1n) is 5.22. The molecule has 0 fully saturated rings. The minimum Gasteiger partial charge on any atom is -0.350 e. The van der Waals surface area contributed by atoms with Crippen molar-refractivity contribution in [3.8, 4) is 0 Å². The lowest BCUT2D eigenvalue weighted by atomic mass is 10.1. The van der Waals surface area contributed by atoms with Crippen LogP contribution in [-0.4, -0.2) is 24.4 Å². The molecule has 4 amide bonds. The normalized spacial score (nSPS) is 11.1. The van der Waals surface area contributed by atoms with Crippen molar-refractivity contribution >= 4 is 18.3 Å². The summed E-state index contributed by atoms with van der Waals surface area (Å²) in [5, 5.41) is 2.37. The van der Waals surface area contributed by atoms with Crippen LogP contribution in [0.2, 0.25) is 0 Å². The van der Waals surface area contributed by atoms with Gasteiger partial charge in [0.05, 0.1) is 0 Å². The van der Waals surface area contributed by atoms with Gasteiger partial charge in [-0.1, -0.05) is 30.3 Å². The minimum absolute atomic E-state index is 0.311. The van der Waals surface area contributed by atoms with Crippen molar-refractivity contribution in [1.82, 2.24) is 16.2 Å². The zero-order valence-electron chi connectivity index (χ0n) is 9.55. The highest BCUT2D eigenvalue weighted by molar-refractivity contribution is 5.85. The molecule has 0 radical (unpaired) electrons. The molecule has 0 aromatic heterocycles. The zero-order chi connectivity index (χ0) is 13.4. The van der Waals surface area contributed by atoms with Gasteiger partial charge in [0.25, 0.3) is 5.91 Å². The average Bonchev–Trinajstić information content (AvgIpc) is 2.36. The number of hydrazine groups is 1. The van der Waals surface area contributed by atoms with Crippen LogP contribution in [-0.2, 0) is 16.0 Å². The van der Waals surface area contributed by atoms with E-state index in [0.717, 1.165) is 5.56 Å². The number of hydrogen-bond acceptors (Lipinski definition) is 3. The highest BCUT2D eigenvalue weighted by atomic mass is 16.2. The molecular weight excluding hydrogens is 236 g/mol. The predicted molar refractivity (Wildman–Crippen MR) is 64.0 cm³/mol. The Labute approximate surface area is 104 Å². The Balaban J connectivity index is 2.61. The Morgan fingerprint density at radius 2 is 1.89 bits per heavy atom. The van der Waals surface area contributed by atoms with Gasteiger partial charge in [0.15, 0.2) is 0 Å². The van der Waals surface area contributed by atoms with Gasteiger partial charge in [-0.2, -0.15) is 0 Å². The number of urea groups is 1. The molecule has 18 heavy (non-hydrogen) atoms. The van der Waals surface area contributed by atoms with E-state index in [0.29, 0.717) is 12.8 Å². The minimum atomic E-state index is -0.882. The third-order valence-corrected chi connectivity index (χ3v) is 2.18. The summed E-state index contributed by atoms with van der Waals surface area (Å²) in [6.07, 6.45) is 0.739. The van der Waals surface area contributed by atoms with E-state index in [4.69, 9.17) is 5.73 Å². The molecule has 5 N–H and O–H groups in total. The van der Waals surface area contributed by atoms with Crippen molar-refractivity contribution in [1.29, 1.82) is 0 Å². The molecule has 0 bridgehead atoms. The molecule has 7 nitrogen and oxygen atoms in total. The Morgan fingerprint density at radius 1 is 1.22 bits per heavy atom. The van der Waals surface area contributed by atoms with Crippen molar-refractivity contribution in [3.63, 3.8) is 0 Å². The number of benzene rings is 1. The second kappa shape index (κ2) is 6.89. The number of carbonyl (C=O) groups is 3. The summed E-state index contributed by atoms with van der Waals surface area (Å²) < 4.78 is 0. The first-order valence-corrected chi connectivity index (χ1v) is 5.22. The van der Waals surface area contributed by atoms with Crippen LogP contribution in [0.3, 0.4) is 0 Å². The monoisotopic (exact) mass is 250 g/mol. The number of primary amides is 1. The summed E-state index contributed by atoms with van der Waals surface area (Å²) in [5.74, 6) is -0.551. The molecule has 0 unspecified atom stereocenters. The summed E-state index contributed by atoms with van der Waals surface area (Å²) in [6.45, 7) is 0. The zero-order valence-corrected chi connectivity index (χ0v) is 9.55. The van der Waals surface area contributed by atoms with Gasteiger partial charge in [-0.15, -0.1) is 0 Å². The second-order valence-corrected chi connectivity index (χ2v) is 3.51. The third kappa shape index (κ3) is 4.52. The predicted octanol–water partition coefficient (Wildman–Crippen LogP) is -0.957. The summed E-state index contributed by atoms with van der Waals surface area (Å²) in [6, 6.07) is 7.49. The van der Waals surface area contributed by atoms with E-state index in [-0.39, 0.29) is 0 Å². The van der Waals surface area contributed by atoms with Crippen LogP contribution in [0.5, 0.6) is 0 Å². The van der Waals surface area contributed by atoms with Gasteiger partial charge < -0.3 is 11.1 Å². The summed E-state index contributed by atoms with van der Waals surface area (Å²) in [7, 11) is 0. The maximum Gasteiger partial charge on any atom is 0.330 e. The van der Waals surface area contributed by atoms with Crippen LogP contribution in [0.1, 0.15) is 5.56 Å². The Bertz CT molecular complexity index is 422. The highest BCUT2D eigenvalue weighted by Crippen LogP contribution is 2.02. The van der Waals surface area contributed by atoms with E-state index in [9.17, 15) is 14.4 Å². The molecule has 7 heteroatoms. The lowest BCUT2D eigenvalue weighted by molar-refractivity contribution is -0.125. The number of hydrogen-bond donors (Lipinski definition) is 4. The van der Waals surface area contributed by atoms with Crippen LogP contribution in [0.25, 0.3) is 0 Å². The fourth-order valence-electron chi connectivity index (χ4n) is 1.37. The molecule has 0 saturated heterocycles. The second-order valence-electron chi connectivity index (χ2n) is 3.51. The van der Waals surface area contributed by atoms with Crippen molar-refractivity contribution in [2.75, 3.05) is 0 Å². The van der Waals surface area contributed by atoms with Gasteiger partial charge in [-0.25, -0.2) is 10.2 Å². The SMILES string of the molecule is NC(=O)NNC(=O)[C@H](Cc1ccccc1)NC=O. The molecule has 0 saturated carbocycles. The van der Waals surface area contributed by atoms with Gasteiger partial charge in [-0.3, -0.25) is 15.0 Å². The molecule has 96 valence electrons. The molecule has 1 aromatic rings. The number of rotatable bonds is 5. The van der Waals surface area contributed by atoms with Crippen molar-refractivity contribution in [2.45, 2.75) is 12.5 Å². The lowest BCUT2D eigenvalue weighted by Gasteiger charge is -2.15. The maximum absolute atomic E-state index is 11.6. The van der Waals surface area contributed by atoms with E-state index >= 15 is 0 Å². The molecule has 0 aliphatic carbocycles. The van der Waals surface area contributed by atoms with Crippen molar-refractivity contribution < 1.29 is 14.4 Å². The Morgan fingerprint density at radius 3 is 2.44 bits per heavy atom. The van der Waals surface area contributed by atoms with E-state index < -0.39 is 18.0 Å². The van der Waals surface area contributed by atoms with Crippen molar-refractivity contribution in [3.05, 3.63) is 35.9 Å². The number of amides is 4. The first kappa shape index (κ1) is 13.5. The number of nitrogens with two attached hydrogens (primary N) is 1. The topological polar surface area (TPSA) is 113 Å².